The van der Waals surface area contributed by atoms with Crippen molar-refractivity contribution in [3.63, 3.8) is 0 Å². The lowest BCUT2D eigenvalue weighted by atomic mass is 10.0. The molecule has 1 aliphatic heterocycles. The molecule has 21 heavy (non-hydrogen) atoms. The first-order valence-corrected chi connectivity index (χ1v) is 8.40. The van der Waals surface area contributed by atoms with Crippen LogP contribution < -0.4 is 25.6 Å². The Hall–Kier alpha value is -1.58. The van der Waals surface area contributed by atoms with E-state index in [1.54, 1.807) is 0 Å². The van der Waals surface area contributed by atoms with Gasteiger partial charge in [0.1, 0.15) is 5.82 Å². The maximum Gasteiger partial charge on any atom is 0.300 e. The highest BCUT2D eigenvalue weighted by molar-refractivity contribution is 7.87. The third-order valence-electron chi connectivity index (χ3n) is 2.86. The summed E-state index contributed by atoms with van der Waals surface area (Å²) in [4.78, 5) is 3.93. The first kappa shape index (κ1) is 17.5. The van der Waals surface area contributed by atoms with E-state index in [-0.39, 0.29) is 5.82 Å². The van der Waals surface area contributed by atoms with E-state index in [0.29, 0.717) is 18.9 Å². The largest absolute Gasteiger partial charge is 0.348 e. The molecule has 0 saturated heterocycles. The molecule has 9 heteroatoms. The lowest BCUT2D eigenvalue weighted by Crippen LogP contribution is -2.41. The van der Waals surface area contributed by atoms with Crippen LogP contribution in [-0.2, 0) is 10.2 Å². The summed E-state index contributed by atoms with van der Waals surface area (Å²) < 4.78 is 27.7. The zero-order chi connectivity index (χ0) is 15.7. The molecule has 0 aromatic rings. The number of rotatable bonds is 9. The van der Waals surface area contributed by atoms with E-state index in [2.05, 4.69) is 44.1 Å². The smallest absolute Gasteiger partial charge is 0.300 e. The average Bonchev–Trinajstić information content (AvgIpc) is 2.45. The van der Waals surface area contributed by atoms with Crippen LogP contribution in [0.4, 0.5) is 0 Å². The van der Waals surface area contributed by atoms with E-state index >= 15 is 0 Å². The zero-order valence-electron chi connectivity index (χ0n) is 12.4. The van der Waals surface area contributed by atoms with Gasteiger partial charge in [-0.25, -0.2) is 10.4 Å². The Morgan fingerprint density at radius 1 is 1.57 bits per heavy atom. The van der Waals surface area contributed by atoms with Gasteiger partial charge in [-0.15, -0.1) is 0 Å². The minimum absolute atomic E-state index is 0.0432. The van der Waals surface area contributed by atoms with Gasteiger partial charge in [0, 0.05) is 30.9 Å². The molecule has 0 saturated carbocycles. The van der Waals surface area contributed by atoms with E-state index in [4.69, 9.17) is 0 Å². The van der Waals surface area contributed by atoms with Crippen molar-refractivity contribution in [1.82, 2.24) is 25.6 Å². The lowest BCUT2D eigenvalue weighted by molar-refractivity contribution is 0.449. The standard InChI is InChI=1S/C12H24N6O2S/c1-4-6-17-21(19,20)18-10(3)13-9-14-12-8-16-15-7-11(12)5-2/h8-9,11,15-18H,3-7H2,1-2H3,(H,13,14). The van der Waals surface area contributed by atoms with Crippen LogP contribution in [0.2, 0.25) is 0 Å². The molecule has 0 radical (unpaired) electrons. The molecule has 0 amide bonds. The van der Waals surface area contributed by atoms with E-state index in [0.717, 1.165) is 18.7 Å². The van der Waals surface area contributed by atoms with Crippen molar-refractivity contribution in [2.45, 2.75) is 26.7 Å². The van der Waals surface area contributed by atoms with Crippen LogP contribution >= 0.6 is 0 Å². The van der Waals surface area contributed by atoms with Gasteiger partial charge in [-0.2, -0.15) is 13.1 Å². The van der Waals surface area contributed by atoms with E-state index in [1.807, 2.05) is 13.1 Å². The van der Waals surface area contributed by atoms with E-state index in [9.17, 15) is 8.42 Å². The second kappa shape index (κ2) is 8.65. The fraction of sp³-hybridized carbons (Fsp3) is 0.583. The molecule has 1 rings (SSSR count). The monoisotopic (exact) mass is 316 g/mol. The highest BCUT2D eigenvalue weighted by Gasteiger charge is 2.14. The van der Waals surface area contributed by atoms with Gasteiger partial charge in [0.2, 0.25) is 0 Å². The summed E-state index contributed by atoms with van der Waals surface area (Å²) in [6, 6.07) is 0. The van der Waals surface area contributed by atoms with Crippen LogP contribution in [0.3, 0.4) is 0 Å². The summed E-state index contributed by atoms with van der Waals surface area (Å²) in [5, 5.41) is 3.03. The molecule has 1 atom stereocenters. The van der Waals surface area contributed by atoms with Gasteiger partial charge in [-0.3, -0.25) is 4.72 Å². The molecule has 0 aromatic heterocycles. The van der Waals surface area contributed by atoms with Crippen LogP contribution in [0.1, 0.15) is 26.7 Å². The van der Waals surface area contributed by atoms with Gasteiger partial charge in [-0.1, -0.05) is 20.4 Å². The number of nitrogens with zero attached hydrogens (tertiary/aromatic N) is 1. The lowest BCUT2D eigenvalue weighted by Gasteiger charge is -2.24. The van der Waals surface area contributed by atoms with Crippen LogP contribution in [0.15, 0.2) is 29.3 Å². The van der Waals surface area contributed by atoms with Crippen LogP contribution in [0.5, 0.6) is 0 Å². The molecule has 0 bridgehead atoms. The van der Waals surface area contributed by atoms with Gasteiger partial charge in [-0.05, 0) is 12.8 Å². The molecule has 1 unspecified atom stereocenters. The summed E-state index contributed by atoms with van der Waals surface area (Å²) in [7, 11) is -3.59. The van der Waals surface area contributed by atoms with E-state index in [1.165, 1.54) is 6.34 Å². The first-order chi connectivity index (χ1) is 9.98. The minimum Gasteiger partial charge on any atom is -0.348 e. The molecular weight excluding hydrogens is 292 g/mol. The summed E-state index contributed by atoms with van der Waals surface area (Å²) in [5.41, 5.74) is 6.94. The summed E-state index contributed by atoms with van der Waals surface area (Å²) in [5.74, 6) is 0.399. The molecule has 120 valence electrons. The number of nitrogens with one attached hydrogen (secondary N) is 5. The maximum atomic E-state index is 11.6. The van der Waals surface area contributed by atoms with Crippen LogP contribution in [0.25, 0.3) is 0 Å². The predicted molar refractivity (Wildman–Crippen MR) is 84.1 cm³/mol. The second-order valence-electron chi connectivity index (χ2n) is 4.58. The average molecular weight is 316 g/mol. The molecule has 5 N–H and O–H groups in total. The first-order valence-electron chi connectivity index (χ1n) is 6.92. The summed E-state index contributed by atoms with van der Waals surface area (Å²) >= 11 is 0. The van der Waals surface area contributed by atoms with Crippen molar-refractivity contribution in [1.29, 1.82) is 0 Å². The molecule has 1 aliphatic rings. The SMILES string of the molecule is C=C(/N=C\NC1=CNNCC1CC)NS(=O)(=O)NCCC. The predicted octanol–water partition coefficient (Wildman–Crippen LogP) is -0.115. The number of aliphatic imine (C=N–C) groups is 1. The Kier molecular flexibility index (Phi) is 7.20. The third kappa shape index (κ3) is 6.61. The van der Waals surface area contributed by atoms with Crippen molar-refractivity contribution < 1.29 is 8.42 Å². The highest BCUT2D eigenvalue weighted by Crippen LogP contribution is 2.12. The van der Waals surface area contributed by atoms with Crippen LogP contribution in [0, 0.1) is 5.92 Å². The molecular formula is C12H24N6O2S. The topological polar surface area (TPSA) is 107 Å². The van der Waals surface area contributed by atoms with Crippen molar-refractivity contribution in [3.8, 4) is 0 Å². The van der Waals surface area contributed by atoms with Crippen LogP contribution in [-0.4, -0.2) is 27.8 Å². The minimum atomic E-state index is -3.59. The Bertz CT molecular complexity index is 500. The molecule has 8 nitrogen and oxygen atoms in total. The third-order valence-corrected chi connectivity index (χ3v) is 3.95. The van der Waals surface area contributed by atoms with Crippen molar-refractivity contribution in [3.05, 3.63) is 24.3 Å². The molecule has 0 aromatic carbocycles. The Labute approximate surface area is 126 Å². The summed E-state index contributed by atoms with van der Waals surface area (Å²) in [6.07, 6.45) is 4.94. The number of hydrogen-bond acceptors (Lipinski definition) is 5. The van der Waals surface area contributed by atoms with Gasteiger partial charge < -0.3 is 10.7 Å². The maximum absolute atomic E-state index is 11.6. The quantitative estimate of drug-likeness (QED) is 0.301. The van der Waals surface area contributed by atoms with Crippen molar-refractivity contribution in [2.75, 3.05) is 13.1 Å². The Morgan fingerprint density at radius 3 is 3.00 bits per heavy atom. The number of hydrogen-bond donors (Lipinski definition) is 5. The van der Waals surface area contributed by atoms with Crippen molar-refractivity contribution >= 4 is 16.5 Å². The normalized spacial score (nSPS) is 19.0. The molecule has 1 heterocycles. The van der Waals surface area contributed by atoms with Crippen molar-refractivity contribution in [2.24, 2.45) is 10.9 Å². The zero-order valence-corrected chi connectivity index (χ0v) is 13.3. The fourth-order valence-electron chi connectivity index (χ4n) is 1.70. The fourth-order valence-corrected chi connectivity index (χ4v) is 2.61. The van der Waals surface area contributed by atoms with Gasteiger partial charge >= 0.3 is 0 Å². The summed E-state index contributed by atoms with van der Waals surface area (Å²) in [6.45, 7) is 8.71. The number of hydrazine groups is 1. The highest BCUT2D eigenvalue weighted by atomic mass is 32.2. The molecule has 0 fully saturated rings. The molecule has 0 spiro atoms. The van der Waals surface area contributed by atoms with Gasteiger partial charge in [0.25, 0.3) is 10.2 Å². The molecule has 0 aliphatic carbocycles. The van der Waals surface area contributed by atoms with E-state index < -0.39 is 10.2 Å². The Morgan fingerprint density at radius 2 is 2.33 bits per heavy atom. The van der Waals surface area contributed by atoms with Gasteiger partial charge in [0.05, 0.1) is 6.34 Å². The Balaban J connectivity index is 2.46. The second-order valence-corrected chi connectivity index (χ2v) is 6.08. The van der Waals surface area contributed by atoms with Gasteiger partial charge in [0.15, 0.2) is 0 Å².